The lowest BCUT2D eigenvalue weighted by molar-refractivity contribution is -0.122. The van der Waals surface area contributed by atoms with E-state index >= 15 is 0 Å². The molecule has 0 spiro atoms. The minimum atomic E-state index is -4.40. The molecule has 1 heterocycles. The number of ketones is 2. The SMILES string of the molecule is COCC(=O)NS(=O)(=O)c1oc2c(c1C)C(=O)C(=O)c1c-2ccc2c1CCCC2(C)C. The number of ether oxygens (including phenoxy) is 1. The zero-order valence-electron chi connectivity index (χ0n) is 17.7. The average molecular weight is 445 g/mol. The Hall–Kier alpha value is -2.78. The minimum absolute atomic E-state index is 0.00485. The number of Topliss-reactive ketones (excluding diaryl/α,β-unsaturated/α-hetero) is 2. The number of hydrogen-bond donors (Lipinski definition) is 1. The zero-order chi connectivity index (χ0) is 22.7. The first kappa shape index (κ1) is 21.5. The van der Waals surface area contributed by atoms with Gasteiger partial charge in [-0.1, -0.05) is 26.0 Å². The molecule has 2 aliphatic carbocycles. The van der Waals surface area contributed by atoms with Crippen molar-refractivity contribution in [2.45, 2.75) is 50.5 Å². The maximum atomic E-state index is 13.1. The van der Waals surface area contributed by atoms with Crippen LogP contribution >= 0.6 is 0 Å². The highest BCUT2D eigenvalue weighted by molar-refractivity contribution is 7.90. The van der Waals surface area contributed by atoms with E-state index in [-0.39, 0.29) is 22.3 Å². The first-order chi connectivity index (χ1) is 14.5. The molecule has 0 unspecified atom stereocenters. The predicted octanol–water partition coefficient (Wildman–Crippen LogP) is 2.70. The van der Waals surface area contributed by atoms with E-state index < -0.39 is 39.2 Å². The quantitative estimate of drug-likeness (QED) is 0.719. The van der Waals surface area contributed by atoms with Gasteiger partial charge in [0.05, 0.1) is 5.56 Å². The molecule has 1 amide bonds. The first-order valence-electron chi connectivity index (χ1n) is 9.93. The second kappa shape index (κ2) is 7.13. The van der Waals surface area contributed by atoms with Crippen molar-refractivity contribution < 1.29 is 32.0 Å². The standard InChI is InChI=1S/C22H23NO7S/c1-11-16-18(25)19(26)17-12-6-5-9-22(2,3)14(12)8-7-13(17)20(16)30-21(11)31(27,28)23-15(24)10-29-4/h7-8H,5-6,9-10H2,1-4H3,(H,23,24). The van der Waals surface area contributed by atoms with Gasteiger partial charge in [0.25, 0.3) is 15.9 Å². The normalized spacial score (nSPS) is 17.0. The van der Waals surface area contributed by atoms with Gasteiger partial charge in [-0.25, -0.2) is 4.72 Å². The van der Waals surface area contributed by atoms with Gasteiger partial charge in [0.1, 0.15) is 12.4 Å². The van der Waals surface area contributed by atoms with Crippen molar-refractivity contribution in [3.05, 3.63) is 39.9 Å². The van der Waals surface area contributed by atoms with Crippen LogP contribution in [0.15, 0.2) is 21.6 Å². The molecule has 0 atom stereocenters. The van der Waals surface area contributed by atoms with E-state index in [1.807, 2.05) is 10.8 Å². The molecular formula is C22H23NO7S. The largest absolute Gasteiger partial charge is 0.442 e. The van der Waals surface area contributed by atoms with Crippen LogP contribution in [0.2, 0.25) is 0 Å². The highest BCUT2D eigenvalue weighted by atomic mass is 32.2. The summed E-state index contributed by atoms with van der Waals surface area (Å²) < 4.78 is 37.5. The number of carbonyl (C=O) groups is 3. The Morgan fingerprint density at radius 2 is 1.87 bits per heavy atom. The van der Waals surface area contributed by atoms with Crippen molar-refractivity contribution in [3.63, 3.8) is 0 Å². The highest BCUT2D eigenvalue weighted by Gasteiger charge is 2.42. The molecule has 31 heavy (non-hydrogen) atoms. The number of benzene rings is 1. The van der Waals surface area contributed by atoms with Crippen LogP contribution in [0.25, 0.3) is 11.3 Å². The Labute approximate surface area is 180 Å². The lowest BCUT2D eigenvalue weighted by Gasteiger charge is -2.34. The van der Waals surface area contributed by atoms with Crippen LogP contribution in [0.1, 0.15) is 64.1 Å². The van der Waals surface area contributed by atoms with Crippen LogP contribution in [0.3, 0.4) is 0 Å². The molecular weight excluding hydrogens is 422 g/mol. The Kier molecular flexibility index (Phi) is 4.94. The van der Waals surface area contributed by atoms with Gasteiger partial charge in [0.2, 0.25) is 16.7 Å². The van der Waals surface area contributed by atoms with E-state index in [0.29, 0.717) is 17.5 Å². The van der Waals surface area contributed by atoms with Crippen molar-refractivity contribution >= 4 is 27.5 Å². The topological polar surface area (TPSA) is 120 Å². The van der Waals surface area contributed by atoms with Gasteiger partial charge in [0, 0.05) is 23.8 Å². The van der Waals surface area contributed by atoms with Gasteiger partial charge in [-0.2, -0.15) is 8.42 Å². The molecule has 4 rings (SSSR count). The Morgan fingerprint density at radius 1 is 1.19 bits per heavy atom. The number of amides is 1. The van der Waals surface area contributed by atoms with E-state index in [2.05, 4.69) is 18.6 Å². The number of hydrogen-bond acceptors (Lipinski definition) is 7. The average Bonchev–Trinajstić information content (AvgIpc) is 3.03. The van der Waals surface area contributed by atoms with Crippen LogP contribution < -0.4 is 4.72 Å². The fourth-order valence-electron chi connectivity index (χ4n) is 4.63. The van der Waals surface area contributed by atoms with Gasteiger partial charge < -0.3 is 9.15 Å². The fourth-order valence-corrected chi connectivity index (χ4v) is 5.78. The lowest BCUT2D eigenvalue weighted by Crippen LogP contribution is -2.33. The molecule has 0 saturated carbocycles. The number of sulfonamides is 1. The van der Waals surface area contributed by atoms with Gasteiger partial charge in [-0.15, -0.1) is 0 Å². The summed E-state index contributed by atoms with van der Waals surface area (Å²) in [4.78, 5) is 37.9. The summed E-state index contributed by atoms with van der Waals surface area (Å²) in [5.74, 6) is -2.29. The highest BCUT2D eigenvalue weighted by Crippen LogP contribution is 2.46. The number of carbonyl (C=O) groups excluding carboxylic acids is 3. The molecule has 9 heteroatoms. The molecule has 0 saturated heterocycles. The summed E-state index contributed by atoms with van der Waals surface area (Å²) in [6.07, 6.45) is 2.51. The number of rotatable bonds is 4. The maximum Gasteiger partial charge on any atom is 0.297 e. The van der Waals surface area contributed by atoms with Gasteiger partial charge in [-0.3, -0.25) is 14.4 Å². The first-order valence-corrected chi connectivity index (χ1v) is 11.4. The van der Waals surface area contributed by atoms with Crippen molar-refractivity contribution in [3.8, 4) is 11.3 Å². The Bertz CT molecular complexity index is 1250. The van der Waals surface area contributed by atoms with Gasteiger partial charge in [0.15, 0.2) is 0 Å². The van der Waals surface area contributed by atoms with E-state index in [0.717, 1.165) is 24.0 Å². The van der Waals surface area contributed by atoms with E-state index in [1.54, 1.807) is 6.07 Å². The number of fused-ring (bicyclic) bond motifs is 5. The van der Waals surface area contributed by atoms with Gasteiger partial charge >= 0.3 is 0 Å². The number of methoxy groups -OCH3 is 1. The maximum absolute atomic E-state index is 13.1. The molecule has 0 radical (unpaired) electrons. The van der Waals surface area contributed by atoms with Crippen LogP contribution in [0.5, 0.6) is 0 Å². The Balaban J connectivity index is 1.91. The van der Waals surface area contributed by atoms with Crippen molar-refractivity contribution in [2.24, 2.45) is 0 Å². The van der Waals surface area contributed by atoms with Crippen LogP contribution in [-0.4, -0.2) is 39.6 Å². The van der Waals surface area contributed by atoms with Crippen molar-refractivity contribution in [1.82, 2.24) is 4.72 Å². The van der Waals surface area contributed by atoms with Crippen LogP contribution in [-0.2, 0) is 31.4 Å². The minimum Gasteiger partial charge on any atom is -0.442 e. The fraction of sp³-hybridized carbons (Fsp3) is 0.409. The van der Waals surface area contributed by atoms with Crippen molar-refractivity contribution in [2.75, 3.05) is 13.7 Å². The molecule has 8 nitrogen and oxygen atoms in total. The molecule has 1 N–H and O–H groups in total. The third-order valence-corrected chi connectivity index (χ3v) is 7.42. The summed E-state index contributed by atoms with van der Waals surface area (Å²) in [6, 6.07) is 3.64. The van der Waals surface area contributed by atoms with E-state index in [1.165, 1.54) is 14.0 Å². The smallest absolute Gasteiger partial charge is 0.297 e. The summed E-state index contributed by atoms with van der Waals surface area (Å²) >= 11 is 0. The third kappa shape index (κ3) is 3.23. The molecule has 1 aromatic heterocycles. The lowest BCUT2D eigenvalue weighted by atomic mass is 9.69. The zero-order valence-corrected chi connectivity index (χ0v) is 18.6. The summed E-state index contributed by atoms with van der Waals surface area (Å²) in [5.41, 5.74) is 2.33. The molecule has 2 aliphatic rings. The summed E-state index contributed by atoms with van der Waals surface area (Å²) in [7, 11) is -3.14. The Morgan fingerprint density at radius 3 is 2.55 bits per heavy atom. The third-order valence-electron chi connectivity index (χ3n) is 6.05. The second-order valence-electron chi connectivity index (χ2n) is 8.59. The molecule has 164 valence electrons. The molecule has 0 aliphatic heterocycles. The molecule has 2 aromatic rings. The van der Waals surface area contributed by atoms with E-state index in [4.69, 9.17) is 4.42 Å². The summed E-state index contributed by atoms with van der Waals surface area (Å²) in [5, 5.41) is -0.561. The van der Waals surface area contributed by atoms with E-state index in [9.17, 15) is 22.8 Å². The number of nitrogens with one attached hydrogen (secondary N) is 1. The van der Waals surface area contributed by atoms with Crippen LogP contribution in [0.4, 0.5) is 0 Å². The van der Waals surface area contributed by atoms with Crippen molar-refractivity contribution in [1.29, 1.82) is 0 Å². The molecule has 0 bridgehead atoms. The van der Waals surface area contributed by atoms with Gasteiger partial charge in [-0.05, 0) is 42.7 Å². The molecule has 1 aromatic carbocycles. The second-order valence-corrected chi connectivity index (χ2v) is 10.2. The molecule has 0 fully saturated rings. The summed E-state index contributed by atoms with van der Waals surface area (Å²) in [6.45, 7) is 5.13. The number of furan rings is 1. The predicted molar refractivity (Wildman–Crippen MR) is 111 cm³/mol. The monoisotopic (exact) mass is 445 g/mol. The van der Waals surface area contributed by atoms with Crippen LogP contribution in [0, 0.1) is 6.92 Å².